The largest absolute Gasteiger partial charge is 0.508 e. The number of guanidine groups is 1. The fourth-order valence-corrected chi connectivity index (χ4v) is 4.41. The summed E-state index contributed by atoms with van der Waals surface area (Å²) in [5.74, 6) is 2.88. The van der Waals surface area contributed by atoms with Gasteiger partial charge >= 0.3 is 0 Å². The van der Waals surface area contributed by atoms with E-state index >= 15 is 0 Å². The van der Waals surface area contributed by atoms with Gasteiger partial charge < -0.3 is 20.5 Å². The second kappa shape index (κ2) is 11.1. The van der Waals surface area contributed by atoms with Crippen LogP contribution in [-0.2, 0) is 43.7 Å². The minimum absolute atomic E-state index is 0. The zero-order valence-electron chi connectivity index (χ0n) is 18.4. The molecule has 3 N–H and O–H groups in total. The molecule has 9 heteroatoms. The van der Waals surface area contributed by atoms with Crippen molar-refractivity contribution in [3.63, 3.8) is 0 Å². The SMILES string of the molecule is CCNC(=NCc1c(O)ccc2c1CCCC2)NC1CCc2nc(COC)nn2C1.I. The fraction of sp³-hybridized carbons (Fsp3) is 0.591. The number of phenols is 1. The van der Waals surface area contributed by atoms with Gasteiger partial charge in [0.05, 0.1) is 13.1 Å². The van der Waals surface area contributed by atoms with E-state index < -0.39 is 0 Å². The number of ether oxygens (including phenoxy) is 1. The van der Waals surface area contributed by atoms with E-state index in [1.807, 2.05) is 10.7 Å². The molecular formula is C22H33IN6O2. The van der Waals surface area contributed by atoms with Crippen LogP contribution in [0.15, 0.2) is 17.1 Å². The lowest BCUT2D eigenvalue weighted by atomic mass is 9.88. The number of phenolic OH excluding ortho intramolecular Hbond substituents is 1. The Balaban J connectivity index is 0.00000272. The number of aromatic nitrogens is 3. The third-order valence-electron chi connectivity index (χ3n) is 5.88. The standard InChI is InChI=1S/C22H32N6O2.HI/c1-3-23-22(24-12-18-17-7-5-4-6-15(17)8-10-19(18)29)25-16-9-11-21-26-20(14-30-2)27-28(21)13-16;/h8,10,16,29H,3-7,9,11-14H2,1-2H3,(H2,23,24,25);1H. The maximum absolute atomic E-state index is 10.4. The van der Waals surface area contributed by atoms with Crippen molar-refractivity contribution in [1.29, 1.82) is 0 Å². The fourth-order valence-electron chi connectivity index (χ4n) is 4.41. The number of aryl methyl sites for hydroxylation is 2. The monoisotopic (exact) mass is 540 g/mol. The summed E-state index contributed by atoms with van der Waals surface area (Å²) in [5.41, 5.74) is 3.62. The number of nitrogens with zero attached hydrogens (tertiary/aromatic N) is 4. The van der Waals surface area contributed by atoms with Gasteiger partial charge in [0.25, 0.3) is 0 Å². The number of fused-ring (bicyclic) bond motifs is 2. The van der Waals surface area contributed by atoms with Crippen LogP contribution in [0, 0.1) is 0 Å². The highest BCUT2D eigenvalue weighted by Crippen LogP contribution is 2.31. The maximum Gasteiger partial charge on any atom is 0.191 e. The Morgan fingerprint density at radius 3 is 2.94 bits per heavy atom. The van der Waals surface area contributed by atoms with Gasteiger partial charge in [-0.2, -0.15) is 5.10 Å². The van der Waals surface area contributed by atoms with Gasteiger partial charge in [-0.25, -0.2) is 14.7 Å². The molecular weight excluding hydrogens is 507 g/mol. The van der Waals surface area contributed by atoms with Gasteiger partial charge in [0.1, 0.15) is 18.2 Å². The van der Waals surface area contributed by atoms with Crippen LogP contribution in [0.2, 0.25) is 0 Å². The lowest BCUT2D eigenvalue weighted by Gasteiger charge is -2.25. The maximum atomic E-state index is 10.4. The van der Waals surface area contributed by atoms with Crippen LogP contribution >= 0.6 is 24.0 Å². The highest BCUT2D eigenvalue weighted by molar-refractivity contribution is 14.0. The first-order valence-electron chi connectivity index (χ1n) is 11.0. The van der Waals surface area contributed by atoms with Crippen molar-refractivity contribution in [1.82, 2.24) is 25.4 Å². The van der Waals surface area contributed by atoms with Gasteiger partial charge in [0, 0.05) is 31.7 Å². The molecule has 31 heavy (non-hydrogen) atoms. The average Bonchev–Trinajstić information content (AvgIpc) is 3.15. The summed E-state index contributed by atoms with van der Waals surface area (Å²) in [6.45, 7) is 4.51. The van der Waals surface area contributed by atoms with E-state index in [1.165, 1.54) is 24.0 Å². The lowest BCUT2D eigenvalue weighted by Crippen LogP contribution is -2.47. The molecule has 0 spiro atoms. The van der Waals surface area contributed by atoms with Gasteiger partial charge in [0.2, 0.25) is 0 Å². The van der Waals surface area contributed by atoms with Crippen LogP contribution in [0.5, 0.6) is 5.75 Å². The van der Waals surface area contributed by atoms with Gasteiger partial charge in [-0.15, -0.1) is 24.0 Å². The first-order chi connectivity index (χ1) is 14.7. The molecule has 0 fully saturated rings. The quantitative estimate of drug-likeness (QED) is 0.296. The highest BCUT2D eigenvalue weighted by atomic mass is 127. The topological polar surface area (TPSA) is 96.6 Å². The number of aromatic hydroxyl groups is 1. The third-order valence-corrected chi connectivity index (χ3v) is 5.88. The Morgan fingerprint density at radius 2 is 2.13 bits per heavy atom. The molecule has 0 radical (unpaired) electrons. The third kappa shape index (κ3) is 5.68. The Morgan fingerprint density at radius 1 is 1.29 bits per heavy atom. The van der Waals surface area contributed by atoms with Crippen LogP contribution in [0.1, 0.15) is 54.5 Å². The number of methoxy groups -OCH3 is 1. The molecule has 1 atom stereocenters. The molecule has 1 aromatic heterocycles. The predicted octanol–water partition coefficient (Wildman–Crippen LogP) is 2.70. The van der Waals surface area contributed by atoms with Crippen LogP contribution in [0.3, 0.4) is 0 Å². The number of benzene rings is 1. The van der Waals surface area contributed by atoms with Crippen molar-refractivity contribution in [2.45, 2.75) is 71.2 Å². The van der Waals surface area contributed by atoms with E-state index in [0.717, 1.165) is 61.9 Å². The van der Waals surface area contributed by atoms with E-state index in [4.69, 9.17) is 9.73 Å². The first-order valence-corrected chi connectivity index (χ1v) is 11.0. The van der Waals surface area contributed by atoms with Crippen molar-refractivity contribution in [3.8, 4) is 5.75 Å². The van der Waals surface area contributed by atoms with Crippen molar-refractivity contribution >= 4 is 29.9 Å². The van der Waals surface area contributed by atoms with E-state index in [-0.39, 0.29) is 30.0 Å². The highest BCUT2D eigenvalue weighted by Gasteiger charge is 2.23. The zero-order chi connectivity index (χ0) is 20.9. The van der Waals surface area contributed by atoms with Gasteiger partial charge in [-0.3, -0.25) is 0 Å². The molecule has 0 saturated heterocycles. The van der Waals surface area contributed by atoms with Crippen LogP contribution in [0.4, 0.5) is 0 Å². The average molecular weight is 540 g/mol. The molecule has 4 rings (SSSR count). The van der Waals surface area contributed by atoms with Crippen molar-refractivity contribution < 1.29 is 9.84 Å². The molecule has 0 amide bonds. The second-order valence-corrected chi connectivity index (χ2v) is 8.04. The number of aliphatic imine (C=N–C) groups is 1. The molecule has 2 aromatic rings. The van der Waals surface area contributed by atoms with Crippen molar-refractivity contribution in [3.05, 3.63) is 40.5 Å². The molecule has 8 nitrogen and oxygen atoms in total. The Labute approximate surface area is 200 Å². The lowest BCUT2D eigenvalue weighted by molar-refractivity contribution is 0.177. The Kier molecular flexibility index (Phi) is 8.53. The molecule has 1 aliphatic heterocycles. The van der Waals surface area contributed by atoms with Crippen molar-refractivity contribution in [2.24, 2.45) is 4.99 Å². The summed E-state index contributed by atoms with van der Waals surface area (Å²) in [5, 5.41) is 21.9. The Bertz CT molecular complexity index is 914. The van der Waals surface area contributed by atoms with Gasteiger partial charge in [0.15, 0.2) is 11.8 Å². The summed E-state index contributed by atoms with van der Waals surface area (Å²) >= 11 is 0. The number of hydrogen-bond donors (Lipinski definition) is 3. The van der Waals surface area contributed by atoms with E-state index in [9.17, 15) is 5.11 Å². The van der Waals surface area contributed by atoms with Gasteiger partial charge in [-0.05, 0) is 56.2 Å². The van der Waals surface area contributed by atoms with E-state index in [2.05, 4.69) is 33.7 Å². The number of nitrogens with one attached hydrogen (secondary N) is 2. The van der Waals surface area contributed by atoms with E-state index in [1.54, 1.807) is 7.11 Å². The second-order valence-electron chi connectivity index (χ2n) is 8.04. The normalized spacial score (nSPS) is 18.0. The van der Waals surface area contributed by atoms with Crippen LogP contribution < -0.4 is 10.6 Å². The molecule has 2 heterocycles. The summed E-state index contributed by atoms with van der Waals surface area (Å²) in [6.07, 6.45) is 6.38. The minimum atomic E-state index is 0. The molecule has 1 unspecified atom stereocenters. The smallest absolute Gasteiger partial charge is 0.191 e. The predicted molar refractivity (Wildman–Crippen MR) is 131 cm³/mol. The number of halogens is 1. The van der Waals surface area contributed by atoms with Crippen molar-refractivity contribution in [2.75, 3.05) is 13.7 Å². The summed E-state index contributed by atoms with van der Waals surface area (Å²) in [7, 11) is 1.66. The molecule has 0 saturated carbocycles. The molecule has 1 aliphatic carbocycles. The zero-order valence-corrected chi connectivity index (χ0v) is 20.7. The number of hydrogen-bond acceptors (Lipinski definition) is 5. The molecule has 170 valence electrons. The molecule has 1 aromatic carbocycles. The number of rotatable bonds is 6. The Hall–Kier alpha value is -1.88. The molecule has 0 bridgehead atoms. The van der Waals surface area contributed by atoms with Crippen LogP contribution in [-0.4, -0.2) is 45.5 Å². The van der Waals surface area contributed by atoms with E-state index in [0.29, 0.717) is 18.9 Å². The van der Waals surface area contributed by atoms with Gasteiger partial charge in [-0.1, -0.05) is 6.07 Å². The van der Waals surface area contributed by atoms with Crippen LogP contribution in [0.25, 0.3) is 0 Å². The first kappa shape index (κ1) is 23.8. The summed E-state index contributed by atoms with van der Waals surface area (Å²) < 4.78 is 7.12. The summed E-state index contributed by atoms with van der Waals surface area (Å²) in [4.78, 5) is 9.35. The minimum Gasteiger partial charge on any atom is -0.508 e. The molecule has 2 aliphatic rings. The summed E-state index contributed by atoms with van der Waals surface area (Å²) in [6, 6.07) is 4.11.